The molecule has 0 rings (SSSR count). The molecule has 0 unspecified atom stereocenters. The molecule has 0 aliphatic rings. The average molecular weight is 660 g/mol. The summed E-state index contributed by atoms with van der Waals surface area (Å²) in [6.07, 6.45) is -9.24. The van der Waals surface area contributed by atoms with Gasteiger partial charge in [0.15, 0.2) is 0 Å². The predicted molar refractivity (Wildman–Crippen MR) is 97.8 cm³/mol. The lowest BCUT2D eigenvalue weighted by atomic mass is 9.85. The molecule has 248 valence electrons. The third kappa shape index (κ3) is 6.27. The van der Waals surface area contributed by atoms with E-state index < -0.39 is 78.7 Å². The zero-order valence-electron chi connectivity index (χ0n) is 20.3. The van der Waals surface area contributed by atoms with E-state index in [1.165, 1.54) is 0 Å². The van der Waals surface area contributed by atoms with Crippen molar-refractivity contribution >= 4 is 0 Å². The van der Waals surface area contributed by atoms with Gasteiger partial charge in [0.05, 0.1) is 0 Å². The second kappa shape index (κ2) is 11.9. The van der Waals surface area contributed by atoms with Crippen LogP contribution in [0.2, 0.25) is 0 Å². The van der Waals surface area contributed by atoms with Gasteiger partial charge in [-0.25, -0.2) is 0 Å². The third-order valence-corrected chi connectivity index (χ3v) is 5.92. The molecule has 0 nitrogen and oxygen atoms in total. The van der Waals surface area contributed by atoms with E-state index in [1.54, 1.807) is 0 Å². The van der Waals surface area contributed by atoms with Crippen LogP contribution >= 0.6 is 0 Å². The van der Waals surface area contributed by atoms with Crippen molar-refractivity contribution in [3.05, 3.63) is 0 Å². The van der Waals surface area contributed by atoms with Gasteiger partial charge in [-0.2, -0.15) is 92.2 Å². The molecule has 0 spiro atoms. The Bertz CT molecular complexity index is 838. The molecule has 0 fully saturated rings. The normalized spacial score (nSPS) is 16.0. The minimum atomic E-state index is -9.13. The van der Waals surface area contributed by atoms with Gasteiger partial charge in [0.2, 0.25) is 0 Å². The Morgan fingerprint density at radius 2 is 0.537 bits per heavy atom. The molecule has 0 aromatic rings. The summed E-state index contributed by atoms with van der Waals surface area (Å²) in [5, 5.41) is 0. The fourth-order valence-corrected chi connectivity index (χ4v) is 3.23. The smallest absolute Gasteiger partial charge is 0.200 e. The minimum Gasteiger partial charge on any atom is -0.200 e. The first-order valence-electron chi connectivity index (χ1n) is 11.3. The molecular weight excluding hydrogens is 639 g/mol. The van der Waals surface area contributed by atoms with Crippen molar-refractivity contribution in [1.82, 2.24) is 0 Å². The number of alkyl halides is 21. The molecule has 0 aliphatic carbocycles. The molecule has 0 bridgehead atoms. The highest BCUT2D eigenvalue weighted by Gasteiger charge is 2.97. The fraction of sp³-hybridized carbons (Fsp3) is 1.00. The van der Waals surface area contributed by atoms with Crippen molar-refractivity contribution in [1.29, 1.82) is 0 Å². The number of hydrogen-bond donors (Lipinski definition) is 0. The summed E-state index contributed by atoms with van der Waals surface area (Å²) < 4.78 is 280. The Morgan fingerprint density at radius 1 is 0.293 bits per heavy atom. The lowest BCUT2D eigenvalue weighted by Crippen LogP contribution is -2.76. The van der Waals surface area contributed by atoms with Gasteiger partial charge in [-0.15, -0.1) is 0 Å². The molecule has 0 aromatic carbocycles. The first-order chi connectivity index (χ1) is 17.8. The molecule has 0 amide bonds. The van der Waals surface area contributed by atoms with E-state index in [4.69, 9.17) is 0 Å². The molecule has 0 N–H and O–H groups in total. The summed E-state index contributed by atoms with van der Waals surface area (Å²) in [7, 11) is 0. The Labute approximate surface area is 217 Å². The Morgan fingerprint density at radius 3 is 0.829 bits per heavy atom. The maximum atomic E-state index is 13.8. The van der Waals surface area contributed by atoms with Gasteiger partial charge in [0.25, 0.3) is 0 Å². The van der Waals surface area contributed by atoms with Crippen LogP contribution in [0.5, 0.6) is 0 Å². The molecule has 0 aliphatic heterocycles. The van der Waals surface area contributed by atoms with Crippen molar-refractivity contribution in [3.8, 4) is 0 Å². The highest BCUT2D eigenvalue weighted by Crippen LogP contribution is 2.66. The summed E-state index contributed by atoms with van der Waals surface area (Å²) in [6.45, 7) is 1.81. The highest BCUT2D eigenvalue weighted by molar-refractivity contribution is 5.17. The monoisotopic (exact) mass is 660 g/mol. The molecule has 0 heterocycles. The molecular formula is C20H21F21. The van der Waals surface area contributed by atoms with Crippen molar-refractivity contribution in [3.63, 3.8) is 0 Å². The van der Waals surface area contributed by atoms with Crippen LogP contribution in [0.4, 0.5) is 92.2 Å². The first kappa shape index (κ1) is 39.5. The topological polar surface area (TPSA) is 0 Å². The molecule has 0 saturated heterocycles. The second-order valence-electron chi connectivity index (χ2n) is 9.02. The van der Waals surface area contributed by atoms with Crippen LogP contribution in [0.15, 0.2) is 0 Å². The van der Waals surface area contributed by atoms with E-state index in [-0.39, 0.29) is 12.8 Å². The standard InChI is InChI=1S/C20H21F21/c1-2-3-4-5-6-7-8-9-10-11(21,22)12(23,24)13(25,26)14(27,28)15(29,30)16(31,32)17(33,34)18(35,36)19(37,38)20(39,40)41/h2-10H2,1H3. The van der Waals surface area contributed by atoms with Crippen LogP contribution in [0.25, 0.3) is 0 Å². The maximum absolute atomic E-state index is 13.8. The van der Waals surface area contributed by atoms with E-state index in [9.17, 15) is 92.2 Å². The van der Waals surface area contributed by atoms with Gasteiger partial charge in [-0.05, 0) is 6.42 Å². The fourth-order valence-electron chi connectivity index (χ4n) is 3.23. The zero-order chi connectivity index (χ0) is 33.4. The molecule has 0 atom stereocenters. The van der Waals surface area contributed by atoms with Crippen LogP contribution in [0, 0.1) is 0 Å². The first-order valence-corrected chi connectivity index (χ1v) is 11.3. The van der Waals surface area contributed by atoms with Gasteiger partial charge in [-0.3, -0.25) is 0 Å². The van der Waals surface area contributed by atoms with E-state index in [1.807, 2.05) is 6.92 Å². The van der Waals surface area contributed by atoms with E-state index in [0.717, 1.165) is 12.8 Å². The number of unbranched alkanes of at least 4 members (excludes halogenated alkanes) is 7. The quantitative estimate of drug-likeness (QED) is 0.108. The van der Waals surface area contributed by atoms with Crippen LogP contribution in [0.1, 0.15) is 64.7 Å². The summed E-state index contributed by atoms with van der Waals surface area (Å²) in [5.41, 5.74) is 0. The zero-order valence-corrected chi connectivity index (χ0v) is 20.3. The van der Waals surface area contributed by atoms with Crippen LogP contribution in [-0.4, -0.2) is 59.5 Å². The Hall–Kier alpha value is -1.47. The van der Waals surface area contributed by atoms with E-state index in [2.05, 4.69) is 0 Å². The maximum Gasteiger partial charge on any atom is 0.460 e. The number of hydrogen-bond acceptors (Lipinski definition) is 0. The highest BCUT2D eigenvalue weighted by atomic mass is 19.4. The lowest BCUT2D eigenvalue weighted by molar-refractivity contribution is -0.474. The SMILES string of the molecule is CCCCCCCCCCC(F)(F)C(F)(F)C(F)(F)C(F)(F)C(F)(F)C(F)(F)C(F)(F)C(F)(F)C(F)(F)C(F)(F)F. The molecule has 41 heavy (non-hydrogen) atoms. The van der Waals surface area contributed by atoms with Gasteiger partial charge in [0.1, 0.15) is 0 Å². The van der Waals surface area contributed by atoms with Gasteiger partial charge in [0, 0.05) is 6.42 Å². The minimum absolute atomic E-state index is 0.0198. The summed E-state index contributed by atoms with van der Waals surface area (Å²) >= 11 is 0. The van der Waals surface area contributed by atoms with Crippen molar-refractivity contribution < 1.29 is 92.2 Å². The van der Waals surface area contributed by atoms with Crippen molar-refractivity contribution in [2.75, 3.05) is 0 Å². The Balaban J connectivity index is 6.33. The second-order valence-corrected chi connectivity index (χ2v) is 9.02. The summed E-state index contributed by atoms with van der Waals surface area (Å²) in [5.74, 6) is -76.2. The largest absolute Gasteiger partial charge is 0.460 e. The third-order valence-electron chi connectivity index (χ3n) is 5.92. The molecule has 0 saturated carbocycles. The Kier molecular flexibility index (Phi) is 11.5. The van der Waals surface area contributed by atoms with Crippen LogP contribution in [0.3, 0.4) is 0 Å². The molecule has 0 aromatic heterocycles. The summed E-state index contributed by atoms with van der Waals surface area (Å²) in [4.78, 5) is 0. The summed E-state index contributed by atoms with van der Waals surface area (Å²) in [6, 6.07) is 0. The number of halogens is 21. The van der Waals surface area contributed by atoms with Crippen LogP contribution in [-0.2, 0) is 0 Å². The van der Waals surface area contributed by atoms with Crippen molar-refractivity contribution in [2.24, 2.45) is 0 Å². The molecule has 21 heteroatoms. The van der Waals surface area contributed by atoms with Crippen LogP contribution < -0.4 is 0 Å². The van der Waals surface area contributed by atoms with Crippen molar-refractivity contribution in [2.45, 2.75) is 124 Å². The lowest BCUT2D eigenvalue weighted by Gasteiger charge is -2.44. The van der Waals surface area contributed by atoms with Gasteiger partial charge < -0.3 is 0 Å². The van der Waals surface area contributed by atoms with Gasteiger partial charge in [-0.1, -0.05) is 51.9 Å². The van der Waals surface area contributed by atoms with E-state index >= 15 is 0 Å². The molecule has 0 radical (unpaired) electrons. The predicted octanol–water partition coefficient (Wildman–Crippen LogP) is 10.8. The average Bonchev–Trinajstić information content (AvgIpc) is 2.78. The van der Waals surface area contributed by atoms with Gasteiger partial charge >= 0.3 is 59.5 Å². The number of rotatable bonds is 17. The van der Waals surface area contributed by atoms with E-state index in [0.29, 0.717) is 12.8 Å².